The molecule has 46 heavy (non-hydrogen) atoms. The topological polar surface area (TPSA) is 80.5 Å². The number of halogens is 9. The van der Waals surface area contributed by atoms with Crippen LogP contribution in [0.5, 0.6) is 5.75 Å². The molecule has 0 radical (unpaired) electrons. The SMILES string of the molecule is CN(CCCc1ccc(COc2c(-c3cccc(-n4ncc(C(=O)O)c4C(F)(F)F)n3)cccc2C(F)(F)F)cc1)CC(F)(F)F. The molecule has 0 saturated carbocycles. The van der Waals surface area contributed by atoms with Crippen LogP contribution in [0, 0.1) is 0 Å². The van der Waals surface area contributed by atoms with Crippen LogP contribution in [0.25, 0.3) is 17.1 Å². The van der Waals surface area contributed by atoms with Gasteiger partial charge in [0.15, 0.2) is 11.5 Å². The third kappa shape index (κ3) is 8.56. The third-order valence-electron chi connectivity index (χ3n) is 6.68. The van der Waals surface area contributed by atoms with Crippen molar-refractivity contribution >= 4 is 5.97 Å². The monoisotopic (exact) mass is 660 g/mol. The first-order chi connectivity index (χ1) is 21.4. The van der Waals surface area contributed by atoms with Crippen LogP contribution in [-0.4, -0.2) is 57.1 Å². The second-order valence-electron chi connectivity index (χ2n) is 10.2. The molecule has 4 rings (SSSR count). The lowest BCUT2D eigenvalue weighted by Gasteiger charge is -2.19. The summed E-state index contributed by atoms with van der Waals surface area (Å²) in [4.78, 5) is 16.6. The van der Waals surface area contributed by atoms with Crippen molar-refractivity contribution in [2.45, 2.75) is 38.0 Å². The number of pyridine rings is 1. The molecule has 7 nitrogen and oxygen atoms in total. The van der Waals surface area contributed by atoms with E-state index in [1.807, 2.05) is 0 Å². The van der Waals surface area contributed by atoms with Gasteiger partial charge in [-0.15, -0.1) is 0 Å². The zero-order valence-electron chi connectivity index (χ0n) is 23.8. The molecular weight excluding hydrogens is 635 g/mol. The first-order valence-electron chi connectivity index (χ1n) is 13.5. The Morgan fingerprint density at radius 1 is 0.891 bits per heavy atom. The Morgan fingerprint density at radius 3 is 2.15 bits per heavy atom. The van der Waals surface area contributed by atoms with E-state index in [1.165, 1.54) is 25.2 Å². The Balaban J connectivity index is 1.59. The summed E-state index contributed by atoms with van der Waals surface area (Å²) in [5.41, 5.74) is -3.07. The molecule has 2 heterocycles. The molecule has 16 heteroatoms. The first-order valence-corrected chi connectivity index (χ1v) is 13.5. The van der Waals surface area contributed by atoms with Crippen molar-refractivity contribution < 1.29 is 54.2 Å². The van der Waals surface area contributed by atoms with Crippen LogP contribution in [0.3, 0.4) is 0 Å². The van der Waals surface area contributed by atoms with Crippen LogP contribution in [0.1, 0.15) is 39.2 Å². The average Bonchev–Trinajstić information content (AvgIpc) is 3.42. The summed E-state index contributed by atoms with van der Waals surface area (Å²) in [6, 6.07) is 13.2. The maximum Gasteiger partial charge on any atom is 0.434 e. The number of carboxylic acids is 1. The van der Waals surface area contributed by atoms with E-state index in [4.69, 9.17) is 4.74 Å². The molecule has 0 spiro atoms. The molecule has 0 saturated heterocycles. The lowest BCUT2D eigenvalue weighted by Crippen LogP contribution is -2.31. The second kappa shape index (κ2) is 13.4. The number of ether oxygens (including phenoxy) is 1. The van der Waals surface area contributed by atoms with Crippen LogP contribution in [0.4, 0.5) is 39.5 Å². The molecule has 0 unspecified atom stereocenters. The molecule has 2 aromatic carbocycles. The number of aromatic carboxylic acids is 1. The molecule has 0 bridgehead atoms. The van der Waals surface area contributed by atoms with Gasteiger partial charge in [-0.2, -0.15) is 44.6 Å². The minimum atomic E-state index is -5.15. The first kappa shape index (κ1) is 34.3. The molecule has 4 aromatic rings. The van der Waals surface area contributed by atoms with Crippen molar-refractivity contribution in [3.63, 3.8) is 0 Å². The highest BCUT2D eigenvalue weighted by atomic mass is 19.4. The summed E-state index contributed by atoms with van der Waals surface area (Å²) in [6.07, 6.45) is -12.9. The van der Waals surface area contributed by atoms with E-state index in [0.29, 0.717) is 24.6 Å². The van der Waals surface area contributed by atoms with Crippen LogP contribution < -0.4 is 4.74 Å². The Hall–Kier alpha value is -4.60. The van der Waals surface area contributed by atoms with Crippen LogP contribution >= 0.6 is 0 Å². The highest BCUT2D eigenvalue weighted by molar-refractivity contribution is 5.89. The second-order valence-corrected chi connectivity index (χ2v) is 10.2. The average molecular weight is 661 g/mol. The predicted molar refractivity (Wildman–Crippen MR) is 146 cm³/mol. The van der Waals surface area contributed by atoms with Gasteiger partial charge in [0.25, 0.3) is 0 Å². The minimum absolute atomic E-state index is 0.199. The number of hydrogen-bond donors (Lipinski definition) is 1. The molecule has 2 aromatic heterocycles. The van der Waals surface area contributed by atoms with Gasteiger partial charge in [0.2, 0.25) is 0 Å². The number of benzene rings is 2. The fourth-order valence-corrected chi connectivity index (χ4v) is 4.66. The zero-order chi connectivity index (χ0) is 33.9. The summed E-state index contributed by atoms with van der Waals surface area (Å²) in [5.74, 6) is -3.02. The number of alkyl halides is 9. The summed E-state index contributed by atoms with van der Waals surface area (Å²) >= 11 is 0. The zero-order valence-corrected chi connectivity index (χ0v) is 23.8. The van der Waals surface area contributed by atoms with E-state index in [9.17, 15) is 49.4 Å². The van der Waals surface area contributed by atoms with Gasteiger partial charge in [0.05, 0.1) is 24.0 Å². The van der Waals surface area contributed by atoms with Crippen molar-refractivity contribution in [2.75, 3.05) is 20.1 Å². The lowest BCUT2D eigenvalue weighted by atomic mass is 10.0. The quantitative estimate of drug-likeness (QED) is 0.166. The van der Waals surface area contributed by atoms with Gasteiger partial charge in [0.1, 0.15) is 17.9 Å². The molecule has 246 valence electrons. The van der Waals surface area contributed by atoms with E-state index in [0.717, 1.165) is 28.7 Å². The summed E-state index contributed by atoms with van der Waals surface area (Å²) in [6.45, 7) is -1.17. The Bertz CT molecular complexity index is 1660. The highest BCUT2D eigenvalue weighted by Gasteiger charge is 2.41. The number of nitrogens with zero attached hydrogens (tertiary/aromatic N) is 4. The van der Waals surface area contributed by atoms with E-state index in [-0.39, 0.29) is 29.1 Å². The maximum atomic E-state index is 14.0. The van der Waals surface area contributed by atoms with Gasteiger partial charge in [-0.3, -0.25) is 4.90 Å². The van der Waals surface area contributed by atoms with Gasteiger partial charge in [0, 0.05) is 5.56 Å². The number of rotatable bonds is 11. The summed E-state index contributed by atoms with van der Waals surface area (Å²) < 4.78 is 127. The van der Waals surface area contributed by atoms with Gasteiger partial charge >= 0.3 is 24.5 Å². The van der Waals surface area contributed by atoms with E-state index in [2.05, 4.69) is 10.1 Å². The molecule has 0 aliphatic carbocycles. The van der Waals surface area contributed by atoms with Crippen molar-refractivity contribution in [1.82, 2.24) is 19.7 Å². The van der Waals surface area contributed by atoms with Crippen molar-refractivity contribution in [3.05, 3.63) is 94.8 Å². The molecule has 0 aliphatic rings. The van der Waals surface area contributed by atoms with Crippen LogP contribution in [-0.2, 0) is 25.4 Å². The molecular formula is C30H25F9N4O3. The van der Waals surface area contributed by atoms with Crippen molar-refractivity contribution in [1.29, 1.82) is 0 Å². The third-order valence-corrected chi connectivity index (χ3v) is 6.68. The molecule has 1 N–H and O–H groups in total. The van der Waals surface area contributed by atoms with Gasteiger partial charge < -0.3 is 9.84 Å². The number of para-hydroxylation sites is 1. The number of aryl methyl sites for hydroxylation is 1. The van der Waals surface area contributed by atoms with E-state index in [1.54, 1.807) is 24.3 Å². The Labute approximate surface area is 255 Å². The van der Waals surface area contributed by atoms with Gasteiger partial charge in [-0.05, 0) is 61.8 Å². The van der Waals surface area contributed by atoms with Gasteiger partial charge in [-0.25, -0.2) is 14.5 Å². The predicted octanol–water partition coefficient (Wildman–Crippen LogP) is 7.68. The minimum Gasteiger partial charge on any atom is -0.488 e. The number of hydrogen-bond acceptors (Lipinski definition) is 5. The van der Waals surface area contributed by atoms with E-state index < -0.39 is 59.4 Å². The summed E-state index contributed by atoms with van der Waals surface area (Å²) in [5, 5.41) is 12.7. The standard InChI is InChI=1S/C30H25F9N4O3/c1-42(17-28(31,32)33)14-4-5-18-10-12-19(13-11-18)16-46-25-20(6-2-7-22(25)29(34,35)36)23-8-3-9-24(41-23)43-26(30(37,38)39)21(15-40-43)27(44)45/h2-3,6-13,15H,4-5,14,16-17H2,1H3,(H,44,45). The van der Waals surface area contributed by atoms with Crippen LogP contribution in [0.15, 0.2) is 66.9 Å². The fourth-order valence-electron chi connectivity index (χ4n) is 4.66. The highest BCUT2D eigenvalue weighted by Crippen LogP contribution is 2.42. The van der Waals surface area contributed by atoms with Gasteiger partial charge in [-0.1, -0.05) is 36.4 Å². The number of carboxylic acid groups (broad SMARTS) is 1. The molecule has 0 aliphatic heterocycles. The van der Waals surface area contributed by atoms with Crippen molar-refractivity contribution in [2.24, 2.45) is 0 Å². The normalized spacial score (nSPS) is 12.5. The molecule has 0 atom stereocenters. The number of aromatic nitrogens is 3. The molecule has 0 fully saturated rings. The summed E-state index contributed by atoms with van der Waals surface area (Å²) in [7, 11) is 1.36. The smallest absolute Gasteiger partial charge is 0.434 e. The Morgan fingerprint density at radius 2 is 1.54 bits per heavy atom. The lowest BCUT2D eigenvalue weighted by molar-refractivity contribution is -0.144. The number of carbonyl (C=O) groups is 1. The van der Waals surface area contributed by atoms with E-state index >= 15 is 0 Å². The Kier molecular flexibility index (Phi) is 9.99. The van der Waals surface area contributed by atoms with Crippen molar-refractivity contribution in [3.8, 4) is 22.8 Å². The molecule has 0 amide bonds. The fraction of sp³-hybridized carbons (Fsp3) is 0.300. The maximum absolute atomic E-state index is 14.0. The van der Waals surface area contributed by atoms with Crippen LogP contribution in [0.2, 0.25) is 0 Å². The largest absolute Gasteiger partial charge is 0.488 e.